The monoisotopic (exact) mass is 306 g/mol. The molecule has 2 N–H and O–H groups in total. The van der Waals surface area contributed by atoms with E-state index in [4.69, 9.17) is 0 Å². The van der Waals surface area contributed by atoms with Crippen molar-refractivity contribution in [3.63, 3.8) is 0 Å². The zero-order valence-electron chi connectivity index (χ0n) is 10.7. The summed E-state index contributed by atoms with van der Waals surface area (Å²) in [4.78, 5) is 15.4. The third-order valence-corrected chi connectivity index (χ3v) is 3.47. The molecule has 0 aromatic carbocycles. The summed E-state index contributed by atoms with van der Waals surface area (Å²) in [5.41, 5.74) is 0.298. The Hall–Kier alpha value is -0.840. The van der Waals surface area contributed by atoms with E-state index in [2.05, 4.69) is 10.3 Å². The van der Waals surface area contributed by atoms with Crippen LogP contribution in [0.3, 0.4) is 0 Å². The van der Waals surface area contributed by atoms with Gasteiger partial charge in [-0.05, 0) is 24.5 Å². The number of halogens is 2. The molecule has 1 fully saturated rings. The Morgan fingerprint density at radius 1 is 1.32 bits per heavy atom. The van der Waals surface area contributed by atoms with E-state index < -0.39 is 11.5 Å². The maximum Gasteiger partial charge on any atom is 0.323 e. The van der Waals surface area contributed by atoms with Crippen molar-refractivity contribution >= 4 is 30.8 Å². The fourth-order valence-corrected chi connectivity index (χ4v) is 2.40. The molecule has 0 unspecified atom stereocenters. The Kier molecular flexibility index (Phi) is 7.99. The zero-order valence-corrected chi connectivity index (χ0v) is 12.3. The summed E-state index contributed by atoms with van der Waals surface area (Å²) in [5.74, 6) is -0.721. The lowest BCUT2D eigenvalue weighted by atomic mass is 9.81. The molecule has 1 aromatic rings. The summed E-state index contributed by atoms with van der Waals surface area (Å²) in [7, 11) is 0. The maximum absolute atomic E-state index is 11.4. The van der Waals surface area contributed by atoms with E-state index in [1.807, 2.05) is 12.1 Å². The van der Waals surface area contributed by atoms with E-state index in [0.29, 0.717) is 6.54 Å². The molecular formula is C13H20Cl2N2O2. The van der Waals surface area contributed by atoms with Crippen molar-refractivity contribution in [3.8, 4) is 0 Å². The number of rotatable bonds is 4. The van der Waals surface area contributed by atoms with Crippen molar-refractivity contribution in [2.24, 2.45) is 0 Å². The largest absolute Gasteiger partial charge is 0.480 e. The second kappa shape index (κ2) is 8.35. The number of carbonyl (C=O) groups is 1. The minimum atomic E-state index is -0.728. The lowest BCUT2D eigenvalue weighted by molar-refractivity contribution is -0.146. The van der Waals surface area contributed by atoms with Gasteiger partial charge in [-0.15, -0.1) is 24.8 Å². The normalized spacial score (nSPS) is 16.8. The van der Waals surface area contributed by atoms with Crippen molar-refractivity contribution < 1.29 is 9.90 Å². The van der Waals surface area contributed by atoms with E-state index in [-0.39, 0.29) is 24.8 Å². The number of hydrogen-bond acceptors (Lipinski definition) is 3. The first-order valence-corrected chi connectivity index (χ1v) is 6.10. The Morgan fingerprint density at radius 2 is 2.00 bits per heavy atom. The van der Waals surface area contributed by atoms with E-state index in [1.165, 1.54) is 0 Å². The highest BCUT2D eigenvalue weighted by Gasteiger charge is 2.38. The minimum absolute atomic E-state index is 0. The number of carboxylic acids is 1. The predicted molar refractivity (Wildman–Crippen MR) is 79.0 cm³/mol. The van der Waals surface area contributed by atoms with Gasteiger partial charge in [-0.25, -0.2) is 0 Å². The van der Waals surface area contributed by atoms with Gasteiger partial charge in [-0.3, -0.25) is 15.1 Å². The van der Waals surface area contributed by atoms with Gasteiger partial charge in [0.15, 0.2) is 0 Å². The molecule has 0 aliphatic heterocycles. The molecular weight excluding hydrogens is 287 g/mol. The number of carboxylic acid groups (broad SMARTS) is 1. The summed E-state index contributed by atoms with van der Waals surface area (Å²) in [5, 5.41) is 12.6. The molecule has 0 saturated heterocycles. The highest BCUT2D eigenvalue weighted by atomic mass is 35.5. The highest BCUT2D eigenvalue weighted by molar-refractivity contribution is 5.85. The van der Waals surface area contributed by atoms with Gasteiger partial charge in [0.1, 0.15) is 5.54 Å². The van der Waals surface area contributed by atoms with Crippen LogP contribution in [0.1, 0.15) is 37.7 Å². The van der Waals surface area contributed by atoms with Crippen LogP contribution in [0.2, 0.25) is 0 Å². The van der Waals surface area contributed by atoms with Crippen molar-refractivity contribution in [1.82, 2.24) is 10.3 Å². The van der Waals surface area contributed by atoms with Crippen LogP contribution in [0, 0.1) is 0 Å². The molecule has 0 spiro atoms. The summed E-state index contributed by atoms with van der Waals surface area (Å²) < 4.78 is 0. The second-order valence-corrected chi connectivity index (χ2v) is 4.66. The molecule has 1 aliphatic rings. The van der Waals surface area contributed by atoms with Gasteiger partial charge >= 0.3 is 5.97 Å². The van der Waals surface area contributed by atoms with Gasteiger partial charge in [0.25, 0.3) is 0 Å². The van der Waals surface area contributed by atoms with Crippen LogP contribution >= 0.6 is 24.8 Å². The summed E-state index contributed by atoms with van der Waals surface area (Å²) in [6.07, 6.45) is 8.07. The fourth-order valence-electron chi connectivity index (χ4n) is 2.40. The maximum atomic E-state index is 11.4. The number of nitrogens with one attached hydrogen (secondary N) is 1. The summed E-state index contributed by atoms with van der Waals surface area (Å²) in [6, 6.07) is 3.82. The summed E-state index contributed by atoms with van der Waals surface area (Å²) in [6.45, 7) is 0.570. The van der Waals surface area contributed by atoms with E-state index in [0.717, 1.165) is 37.7 Å². The zero-order chi connectivity index (χ0) is 12.1. The Bertz CT molecular complexity index is 381. The van der Waals surface area contributed by atoms with Crippen molar-refractivity contribution in [3.05, 3.63) is 30.1 Å². The molecule has 4 nitrogen and oxygen atoms in total. The van der Waals surface area contributed by atoms with Crippen molar-refractivity contribution in [1.29, 1.82) is 0 Å². The molecule has 1 aliphatic carbocycles. The lowest BCUT2D eigenvalue weighted by Gasteiger charge is -2.34. The average molecular weight is 307 g/mol. The third-order valence-electron chi connectivity index (χ3n) is 3.47. The first kappa shape index (κ1) is 18.2. The van der Waals surface area contributed by atoms with E-state index in [1.54, 1.807) is 12.4 Å². The SMILES string of the molecule is Cl.Cl.O=C(O)C1(NCc2cccnc2)CCCCC1. The first-order valence-electron chi connectivity index (χ1n) is 6.10. The van der Waals surface area contributed by atoms with Crippen LogP contribution < -0.4 is 5.32 Å². The smallest absolute Gasteiger partial charge is 0.323 e. The Labute approximate surface area is 125 Å². The predicted octanol–water partition coefficient (Wildman–Crippen LogP) is 2.80. The standard InChI is InChI=1S/C13H18N2O2.2ClH/c16-12(17)13(6-2-1-3-7-13)15-10-11-5-4-8-14-9-11;;/h4-5,8-9,15H,1-3,6-7,10H2,(H,16,17);2*1H. The van der Waals surface area contributed by atoms with Crippen molar-refractivity contribution in [2.75, 3.05) is 0 Å². The first-order chi connectivity index (χ1) is 8.23. The van der Waals surface area contributed by atoms with Crippen LogP contribution in [0.15, 0.2) is 24.5 Å². The number of aliphatic carboxylic acids is 1. The Morgan fingerprint density at radius 3 is 2.53 bits per heavy atom. The van der Waals surface area contributed by atoms with Crippen LogP contribution in [0.4, 0.5) is 0 Å². The topological polar surface area (TPSA) is 62.2 Å². The van der Waals surface area contributed by atoms with Crippen LogP contribution in [-0.2, 0) is 11.3 Å². The molecule has 1 heterocycles. The molecule has 108 valence electrons. The van der Waals surface area contributed by atoms with E-state index >= 15 is 0 Å². The van der Waals surface area contributed by atoms with Gasteiger partial charge in [0, 0.05) is 18.9 Å². The van der Waals surface area contributed by atoms with Gasteiger partial charge < -0.3 is 5.11 Å². The second-order valence-electron chi connectivity index (χ2n) is 4.66. The minimum Gasteiger partial charge on any atom is -0.480 e. The van der Waals surface area contributed by atoms with E-state index in [9.17, 15) is 9.90 Å². The van der Waals surface area contributed by atoms with Gasteiger partial charge in [0.05, 0.1) is 0 Å². The van der Waals surface area contributed by atoms with Crippen LogP contribution in [0.25, 0.3) is 0 Å². The molecule has 0 bridgehead atoms. The molecule has 1 saturated carbocycles. The molecule has 1 aromatic heterocycles. The summed E-state index contributed by atoms with van der Waals surface area (Å²) >= 11 is 0. The lowest BCUT2D eigenvalue weighted by Crippen LogP contribution is -2.52. The number of nitrogens with zero attached hydrogens (tertiary/aromatic N) is 1. The quantitative estimate of drug-likeness (QED) is 0.898. The average Bonchev–Trinajstić information content (AvgIpc) is 2.38. The van der Waals surface area contributed by atoms with Gasteiger partial charge in [-0.1, -0.05) is 25.3 Å². The molecule has 0 radical (unpaired) electrons. The van der Waals surface area contributed by atoms with Crippen molar-refractivity contribution in [2.45, 2.75) is 44.2 Å². The molecule has 2 rings (SSSR count). The third kappa shape index (κ3) is 4.64. The number of pyridine rings is 1. The van der Waals surface area contributed by atoms with Gasteiger partial charge in [-0.2, -0.15) is 0 Å². The van der Waals surface area contributed by atoms with Crippen LogP contribution in [-0.4, -0.2) is 21.6 Å². The molecule has 0 atom stereocenters. The number of aromatic nitrogens is 1. The molecule has 19 heavy (non-hydrogen) atoms. The molecule has 6 heteroatoms. The fraction of sp³-hybridized carbons (Fsp3) is 0.538. The Balaban J connectivity index is 0.00000162. The molecule has 0 amide bonds. The highest BCUT2D eigenvalue weighted by Crippen LogP contribution is 2.28. The number of hydrogen-bond donors (Lipinski definition) is 2. The van der Waals surface area contributed by atoms with Gasteiger partial charge in [0.2, 0.25) is 0 Å². The van der Waals surface area contributed by atoms with Crippen LogP contribution in [0.5, 0.6) is 0 Å².